The average Bonchev–Trinajstić information content (AvgIpc) is 3.03. The molecule has 0 aliphatic rings. The molecule has 0 bridgehead atoms. The van der Waals surface area contributed by atoms with Crippen LogP contribution >= 0.6 is 0 Å². The standard InChI is InChI=1S/C22H27N3O3/c1-15-5-6-19-18(13-15)7-9-24(19)10-8-23-21(26)20-16(2)14-17(3)25(22(20)27)11-12-28-4/h5-7,9,13-14H,8,10-12H2,1-4H3,(H,23,26). The lowest BCUT2D eigenvalue weighted by Crippen LogP contribution is -2.36. The largest absolute Gasteiger partial charge is 0.383 e. The summed E-state index contributed by atoms with van der Waals surface area (Å²) in [5, 5.41) is 4.08. The van der Waals surface area contributed by atoms with Gasteiger partial charge in [0, 0.05) is 44.2 Å². The predicted octanol–water partition coefficient (Wildman–Crippen LogP) is 2.80. The number of nitrogens with zero attached hydrogens (tertiary/aromatic N) is 2. The van der Waals surface area contributed by atoms with E-state index in [0.717, 1.165) is 11.2 Å². The number of hydrogen-bond acceptors (Lipinski definition) is 3. The number of fused-ring (bicyclic) bond motifs is 1. The number of pyridine rings is 1. The molecule has 0 atom stereocenters. The second kappa shape index (κ2) is 8.44. The highest BCUT2D eigenvalue weighted by atomic mass is 16.5. The minimum atomic E-state index is -0.332. The van der Waals surface area contributed by atoms with Crippen LogP contribution in [0.25, 0.3) is 10.9 Å². The molecule has 3 rings (SSSR count). The Kier molecular flexibility index (Phi) is 5.99. The van der Waals surface area contributed by atoms with Crippen molar-refractivity contribution in [2.75, 3.05) is 20.3 Å². The van der Waals surface area contributed by atoms with Gasteiger partial charge >= 0.3 is 0 Å². The summed E-state index contributed by atoms with van der Waals surface area (Å²) in [5.41, 5.74) is 3.80. The van der Waals surface area contributed by atoms with Gasteiger partial charge < -0.3 is 19.2 Å². The summed E-state index contributed by atoms with van der Waals surface area (Å²) in [6.45, 7) is 7.67. The number of hydrogen-bond donors (Lipinski definition) is 1. The van der Waals surface area contributed by atoms with Gasteiger partial charge in [0.1, 0.15) is 5.56 Å². The second-order valence-corrected chi connectivity index (χ2v) is 7.12. The Morgan fingerprint density at radius 2 is 1.89 bits per heavy atom. The summed E-state index contributed by atoms with van der Waals surface area (Å²) in [7, 11) is 1.59. The second-order valence-electron chi connectivity index (χ2n) is 7.12. The molecule has 1 amide bonds. The molecule has 3 aromatic rings. The number of carbonyl (C=O) groups excluding carboxylic acids is 1. The Hall–Kier alpha value is -2.86. The third kappa shape index (κ3) is 4.02. The number of aromatic nitrogens is 2. The molecule has 148 valence electrons. The molecule has 28 heavy (non-hydrogen) atoms. The van der Waals surface area contributed by atoms with Gasteiger partial charge in [0.05, 0.1) is 6.61 Å². The quantitative estimate of drug-likeness (QED) is 0.684. The fourth-order valence-corrected chi connectivity index (χ4v) is 3.56. The molecule has 0 unspecified atom stereocenters. The molecule has 0 saturated carbocycles. The summed E-state index contributed by atoms with van der Waals surface area (Å²) in [6.07, 6.45) is 2.02. The number of rotatable bonds is 7. The fourth-order valence-electron chi connectivity index (χ4n) is 3.56. The van der Waals surface area contributed by atoms with Crippen LogP contribution in [0.3, 0.4) is 0 Å². The first-order valence-electron chi connectivity index (χ1n) is 9.46. The first kappa shape index (κ1) is 19.9. The van der Waals surface area contributed by atoms with Crippen LogP contribution < -0.4 is 10.9 Å². The number of amides is 1. The number of nitrogens with one attached hydrogen (secondary N) is 1. The Morgan fingerprint density at radius 3 is 2.64 bits per heavy atom. The monoisotopic (exact) mass is 381 g/mol. The van der Waals surface area contributed by atoms with Crippen molar-refractivity contribution in [2.45, 2.75) is 33.9 Å². The van der Waals surface area contributed by atoms with Gasteiger partial charge in [0.25, 0.3) is 11.5 Å². The fraction of sp³-hybridized carbons (Fsp3) is 0.364. The third-order valence-corrected chi connectivity index (χ3v) is 5.02. The minimum Gasteiger partial charge on any atom is -0.383 e. The van der Waals surface area contributed by atoms with E-state index >= 15 is 0 Å². The maximum Gasteiger partial charge on any atom is 0.263 e. The molecule has 0 spiro atoms. The molecule has 6 heteroatoms. The third-order valence-electron chi connectivity index (χ3n) is 5.02. The average molecular weight is 381 g/mol. The van der Waals surface area contributed by atoms with Gasteiger partial charge in [-0.05, 0) is 56.0 Å². The zero-order valence-corrected chi connectivity index (χ0v) is 16.9. The van der Waals surface area contributed by atoms with Gasteiger partial charge in [-0.1, -0.05) is 11.6 Å². The summed E-state index contributed by atoms with van der Waals surface area (Å²) < 4.78 is 8.77. The van der Waals surface area contributed by atoms with E-state index < -0.39 is 0 Å². The van der Waals surface area contributed by atoms with E-state index in [1.807, 2.05) is 19.2 Å². The molecule has 1 aromatic carbocycles. The van der Waals surface area contributed by atoms with E-state index in [2.05, 4.69) is 41.1 Å². The highest BCUT2D eigenvalue weighted by molar-refractivity contribution is 5.95. The zero-order chi connectivity index (χ0) is 20.3. The summed E-state index contributed by atoms with van der Waals surface area (Å²) >= 11 is 0. The lowest BCUT2D eigenvalue weighted by molar-refractivity contribution is 0.0949. The summed E-state index contributed by atoms with van der Waals surface area (Å²) in [6, 6.07) is 10.2. The Morgan fingerprint density at radius 1 is 1.11 bits per heavy atom. The SMILES string of the molecule is COCCn1c(C)cc(C)c(C(=O)NCCn2ccc3cc(C)ccc32)c1=O. The maximum atomic E-state index is 12.8. The number of methoxy groups -OCH3 is 1. The molecule has 6 nitrogen and oxygen atoms in total. The van der Waals surface area contributed by atoms with Crippen LogP contribution in [-0.2, 0) is 17.8 Å². The van der Waals surface area contributed by atoms with Crippen molar-refractivity contribution in [1.29, 1.82) is 0 Å². The maximum absolute atomic E-state index is 12.8. The van der Waals surface area contributed by atoms with Gasteiger partial charge in [-0.25, -0.2) is 0 Å². The Labute approximate surface area is 164 Å². The van der Waals surface area contributed by atoms with E-state index in [-0.39, 0.29) is 17.0 Å². The van der Waals surface area contributed by atoms with Gasteiger partial charge in [0.2, 0.25) is 0 Å². The minimum absolute atomic E-state index is 0.203. The predicted molar refractivity (Wildman–Crippen MR) is 111 cm³/mol. The number of ether oxygens (including phenoxy) is 1. The van der Waals surface area contributed by atoms with Crippen LogP contribution in [-0.4, -0.2) is 35.3 Å². The molecule has 0 radical (unpaired) electrons. The van der Waals surface area contributed by atoms with Crippen molar-refractivity contribution in [1.82, 2.24) is 14.5 Å². The van der Waals surface area contributed by atoms with Crippen molar-refractivity contribution >= 4 is 16.8 Å². The van der Waals surface area contributed by atoms with Crippen LogP contribution in [0.4, 0.5) is 0 Å². The highest BCUT2D eigenvalue weighted by Crippen LogP contribution is 2.17. The number of carbonyl (C=O) groups is 1. The van der Waals surface area contributed by atoms with Gasteiger partial charge in [0.15, 0.2) is 0 Å². The van der Waals surface area contributed by atoms with Crippen molar-refractivity contribution in [2.24, 2.45) is 0 Å². The van der Waals surface area contributed by atoms with E-state index in [1.54, 1.807) is 18.6 Å². The molecule has 2 heterocycles. The van der Waals surface area contributed by atoms with E-state index in [9.17, 15) is 9.59 Å². The number of aryl methyl sites for hydroxylation is 3. The lowest BCUT2D eigenvalue weighted by atomic mass is 10.1. The van der Waals surface area contributed by atoms with Crippen LogP contribution in [0, 0.1) is 20.8 Å². The normalized spacial score (nSPS) is 11.1. The van der Waals surface area contributed by atoms with E-state index in [0.29, 0.717) is 31.8 Å². The van der Waals surface area contributed by atoms with Crippen LogP contribution in [0.15, 0.2) is 41.3 Å². The van der Waals surface area contributed by atoms with Crippen molar-refractivity contribution in [3.63, 3.8) is 0 Å². The Bertz CT molecular complexity index is 1060. The van der Waals surface area contributed by atoms with Crippen LogP contribution in [0.5, 0.6) is 0 Å². The molecular weight excluding hydrogens is 354 g/mol. The van der Waals surface area contributed by atoms with Gasteiger partial charge in [-0.3, -0.25) is 9.59 Å². The molecular formula is C22H27N3O3. The smallest absolute Gasteiger partial charge is 0.263 e. The number of benzene rings is 1. The molecule has 0 fully saturated rings. The summed E-state index contributed by atoms with van der Waals surface area (Å²) in [4.78, 5) is 25.5. The van der Waals surface area contributed by atoms with E-state index in [1.165, 1.54) is 10.9 Å². The van der Waals surface area contributed by atoms with Crippen molar-refractivity contribution < 1.29 is 9.53 Å². The molecule has 0 aliphatic heterocycles. The lowest BCUT2D eigenvalue weighted by Gasteiger charge is -2.14. The summed E-state index contributed by atoms with van der Waals surface area (Å²) in [5.74, 6) is -0.332. The van der Waals surface area contributed by atoms with Crippen LogP contribution in [0.2, 0.25) is 0 Å². The molecule has 0 aliphatic carbocycles. The molecule has 2 aromatic heterocycles. The van der Waals surface area contributed by atoms with Crippen molar-refractivity contribution in [3.8, 4) is 0 Å². The highest BCUT2D eigenvalue weighted by Gasteiger charge is 2.17. The molecule has 1 N–H and O–H groups in total. The Balaban J connectivity index is 1.73. The van der Waals surface area contributed by atoms with Gasteiger partial charge in [-0.15, -0.1) is 0 Å². The van der Waals surface area contributed by atoms with Crippen molar-refractivity contribution in [3.05, 3.63) is 69.3 Å². The zero-order valence-electron chi connectivity index (χ0n) is 16.9. The van der Waals surface area contributed by atoms with E-state index in [4.69, 9.17) is 4.74 Å². The first-order chi connectivity index (χ1) is 13.4. The van der Waals surface area contributed by atoms with Gasteiger partial charge in [-0.2, -0.15) is 0 Å². The topological polar surface area (TPSA) is 65.3 Å². The first-order valence-corrected chi connectivity index (χ1v) is 9.46. The van der Waals surface area contributed by atoms with Crippen LogP contribution in [0.1, 0.15) is 27.2 Å². The molecule has 0 saturated heterocycles.